The average Bonchev–Trinajstić information content (AvgIpc) is 2.29. The van der Waals surface area contributed by atoms with E-state index < -0.39 is 0 Å². The summed E-state index contributed by atoms with van der Waals surface area (Å²) in [5.41, 5.74) is 1.08. The van der Waals surface area contributed by atoms with Crippen LogP contribution in [0.4, 0.5) is 0 Å². The molecule has 84 valence electrons. The van der Waals surface area contributed by atoms with E-state index in [1.807, 2.05) is 24.3 Å². The van der Waals surface area contributed by atoms with Gasteiger partial charge in [-0.2, -0.15) is 0 Å². The summed E-state index contributed by atoms with van der Waals surface area (Å²) >= 11 is 0. The van der Waals surface area contributed by atoms with Crippen molar-refractivity contribution in [1.82, 2.24) is 0 Å². The third-order valence-corrected chi connectivity index (χ3v) is 2.72. The molecule has 2 nitrogen and oxygen atoms in total. The monoisotopic (exact) mass is 216 g/mol. The molecule has 1 N–H and O–H groups in total. The summed E-state index contributed by atoms with van der Waals surface area (Å²) in [5.74, 6) is 0.847. The van der Waals surface area contributed by atoms with Gasteiger partial charge in [-0.3, -0.25) is 0 Å². The van der Waals surface area contributed by atoms with Crippen molar-refractivity contribution >= 4 is 10.8 Å². The van der Waals surface area contributed by atoms with E-state index in [4.69, 9.17) is 4.74 Å². The molecular weight excluding hydrogens is 200 g/mol. The molecule has 0 heterocycles. The van der Waals surface area contributed by atoms with E-state index in [1.165, 1.54) is 5.39 Å². The van der Waals surface area contributed by atoms with Crippen molar-refractivity contribution in [2.45, 2.75) is 19.4 Å². The Morgan fingerprint density at radius 2 is 1.94 bits per heavy atom. The fraction of sp³-hybridized carbons (Fsp3) is 0.286. The second kappa shape index (κ2) is 4.54. The Kier molecular flexibility index (Phi) is 3.11. The molecule has 0 aliphatic rings. The highest BCUT2D eigenvalue weighted by Gasteiger charge is 2.10. The van der Waals surface area contributed by atoms with E-state index in [-0.39, 0.29) is 6.10 Å². The first-order valence-electron chi connectivity index (χ1n) is 5.45. The first-order valence-corrected chi connectivity index (χ1v) is 5.45. The lowest BCUT2D eigenvalue weighted by Crippen LogP contribution is -2.06. The Morgan fingerprint density at radius 1 is 1.19 bits per heavy atom. The van der Waals surface area contributed by atoms with Crippen LogP contribution in [-0.4, -0.2) is 18.3 Å². The summed E-state index contributed by atoms with van der Waals surface area (Å²) in [6.07, 6.45) is 0.254. The lowest BCUT2D eigenvalue weighted by atomic mass is 9.99. The van der Waals surface area contributed by atoms with Crippen molar-refractivity contribution in [2.75, 3.05) is 7.11 Å². The summed E-state index contributed by atoms with van der Waals surface area (Å²) in [6.45, 7) is 1.79. The van der Waals surface area contributed by atoms with Gasteiger partial charge in [0, 0.05) is 12.0 Å². The molecule has 1 atom stereocenters. The quantitative estimate of drug-likeness (QED) is 0.854. The number of fused-ring (bicyclic) bond motifs is 1. The molecule has 16 heavy (non-hydrogen) atoms. The van der Waals surface area contributed by atoms with Gasteiger partial charge < -0.3 is 9.84 Å². The van der Waals surface area contributed by atoms with Crippen LogP contribution in [0.15, 0.2) is 36.4 Å². The van der Waals surface area contributed by atoms with Crippen LogP contribution in [0.2, 0.25) is 0 Å². The van der Waals surface area contributed by atoms with E-state index in [9.17, 15) is 5.11 Å². The molecule has 0 radical (unpaired) electrons. The molecule has 0 saturated heterocycles. The Balaban J connectivity index is 2.63. The van der Waals surface area contributed by atoms with Crippen molar-refractivity contribution in [3.63, 3.8) is 0 Å². The maximum atomic E-state index is 9.53. The Morgan fingerprint density at radius 3 is 2.62 bits per heavy atom. The van der Waals surface area contributed by atoms with Gasteiger partial charge in [-0.25, -0.2) is 0 Å². The molecule has 2 aromatic rings. The zero-order valence-electron chi connectivity index (χ0n) is 9.60. The zero-order valence-corrected chi connectivity index (χ0v) is 9.60. The molecule has 2 rings (SSSR count). The Bertz CT molecular complexity index is 489. The predicted octanol–water partition coefficient (Wildman–Crippen LogP) is 2.77. The van der Waals surface area contributed by atoms with Crippen molar-refractivity contribution in [3.8, 4) is 5.75 Å². The van der Waals surface area contributed by atoms with Crippen molar-refractivity contribution in [1.29, 1.82) is 0 Å². The number of aliphatic hydroxyl groups is 1. The van der Waals surface area contributed by atoms with Crippen LogP contribution in [0.1, 0.15) is 12.5 Å². The van der Waals surface area contributed by atoms with E-state index in [1.54, 1.807) is 14.0 Å². The summed E-state index contributed by atoms with van der Waals surface area (Å²) in [6, 6.07) is 12.2. The van der Waals surface area contributed by atoms with Gasteiger partial charge in [0.15, 0.2) is 0 Å². The van der Waals surface area contributed by atoms with Gasteiger partial charge in [0.05, 0.1) is 13.2 Å². The lowest BCUT2D eigenvalue weighted by Gasteiger charge is -2.13. The third kappa shape index (κ3) is 2.02. The second-order valence-electron chi connectivity index (χ2n) is 4.02. The van der Waals surface area contributed by atoms with Crippen molar-refractivity contribution < 1.29 is 9.84 Å². The molecule has 0 amide bonds. The van der Waals surface area contributed by atoms with Crippen molar-refractivity contribution in [3.05, 3.63) is 42.0 Å². The Labute approximate surface area is 95.5 Å². The number of aliphatic hydroxyl groups excluding tert-OH is 1. The number of hydrogen-bond donors (Lipinski definition) is 1. The zero-order chi connectivity index (χ0) is 11.5. The number of hydrogen-bond acceptors (Lipinski definition) is 2. The molecular formula is C14H16O2. The van der Waals surface area contributed by atoms with E-state index >= 15 is 0 Å². The van der Waals surface area contributed by atoms with Gasteiger partial charge >= 0.3 is 0 Å². The number of rotatable bonds is 3. The summed E-state index contributed by atoms with van der Waals surface area (Å²) in [4.78, 5) is 0. The largest absolute Gasteiger partial charge is 0.496 e. The molecule has 0 spiro atoms. The fourth-order valence-corrected chi connectivity index (χ4v) is 2.01. The molecule has 2 heteroatoms. The highest BCUT2D eigenvalue weighted by atomic mass is 16.5. The molecule has 0 bridgehead atoms. The number of methoxy groups -OCH3 is 1. The average molecular weight is 216 g/mol. The van der Waals surface area contributed by atoms with Crippen LogP contribution in [0, 0.1) is 0 Å². The van der Waals surface area contributed by atoms with Gasteiger partial charge in [-0.15, -0.1) is 0 Å². The van der Waals surface area contributed by atoms with Crippen molar-refractivity contribution in [2.24, 2.45) is 0 Å². The smallest absolute Gasteiger partial charge is 0.122 e. The van der Waals surface area contributed by atoms with Crippen LogP contribution in [0.25, 0.3) is 10.8 Å². The van der Waals surface area contributed by atoms with E-state index in [0.717, 1.165) is 16.7 Å². The van der Waals surface area contributed by atoms with E-state index in [2.05, 4.69) is 12.1 Å². The van der Waals surface area contributed by atoms with Crippen LogP contribution in [0.5, 0.6) is 5.75 Å². The fourth-order valence-electron chi connectivity index (χ4n) is 2.01. The van der Waals surface area contributed by atoms with E-state index in [0.29, 0.717) is 6.42 Å². The van der Waals surface area contributed by atoms with Gasteiger partial charge in [-0.1, -0.05) is 30.3 Å². The Hall–Kier alpha value is -1.54. The summed E-state index contributed by atoms with van der Waals surface area (Å²) in [5, 5.41) is 11.9. The second-order valence-corrected chi connectivity index (χ2v) is 4.02. The molecule has 2 aromatic carbocycles. The van der Waals surface area contributed by atoms with Gasteiger partial charge in [0.25, 0.3) is 0 Å². The number of benzene rings is 2. The highest BCUT2D eigenvalue weighted by Crippen LogP contribution is 2.28. The SMILES string of the molecule is COc1ccc2ccccc2c1C[C@@H](C)O. The minimum Gasteiger partial charge on any atom is -0.496 e. The molecule has 0 aliphatic carbocycles. The minimum atomic E-state index is -0.361. The standard InChI is InChI=1S/C14H16O2/c1-10(15)9-13-12-6-4-3-5-11(12)7-8-14(13)16-2/h3-8,10,15H,9H2,1-2H3/t10-/m1/s1. The van der Waals surface area contributed by atoms with Gasteiger partial charge in [-0.05, 0) is 23.8 Å². The predicted molar refractivity (Wildman–Crippen MR) is 65.9 cm³/mol. The van der Waals surface area contributed by atoms with Crippen LogP contribution in [0.3, 0.4) is 0 Å². The summed E-state index contributed by atoms with van der Waals surface area (Å²) in [7, 11) is 1.66. The van der Waals surface area contributed by atoms with Gasteiger partial charge in [0.1, 0.15) is 5.75 Å². The van der Waals surface area contributed by atoms with Crippen LogP contribution in [-0.2, 0) is 6.42 Å². The minimum absolute atomic E-state index is 0.361. The lowest BCUT2D eigenvalue weighted by molar-refractivity contribution is 0.194. The maximum absolute atomic E-state index is 9.53. The third-order valence-electron chi connectivity index (χ3n) is 2.72. The van der Waals surface area contributed by atoms with Gasteiger partial charge in [0.2, 0.25) is 0 Å². The molecule has 0 saturated carbocycles. The van der Waals surface area contributed by atoms with Crippen LogP contribution < -0.4 is 4.74 Å². The maximum Gasteiger partial charge on any atom is 0.122 e. The first-order chi connectivity index (χ1) is 7.72. The molecule has 0 aromatic heterocycles. The number of ether oxygens (including phenoxy) is 1. The molecule has 0 unspecified atom stereocenters. The normalized spacial score (nSPS) is 12.7. The topological polar surface area (TPSA) is 29.5 Å². The highest BCUT2D eigenvalue weighted by molar-refractivity contribution is 5.87. The van der Waals surface area contributed by atoms with Crippen LogP contribution >= 0.6 is 0 Å². The molecule has 0 aliphatic heterocycles. The first kappa shape index (κ1) is 11.0. The molecule has 0 fully saturated rings. The summed E-state index contributed by atoms with van der Waals surface area (Å²) < 4.78 is 5.34.